The average molecular weight is 218 g/mol. The van der Waals surface area contributed by atoms with Crippen LogP contribution in [-0.4, -0.2) is 11.0 Å². The molecule has 1 heterocycles. The van der Waals surface area contributed by atoms with E-state index in [-0.39, 0.29) is 5.56 Å². The van der Waals surface area contributed by atoms with Crippen molar-refractivity contribution in [3.63, 3.8) is 0 Å². The van der Waals surface area contributed by atoms with Crippen LogP contribution in [0.4, 0.5) is 0 Å². The second kappa shape index (κ2) is 4.45. The van der Waals surface area contributed by atoms with E-state index in [9.17, 15) is 4.79 Å². The van der Waals surface area contributed by atoms with Crippen molar-refractivity contribution in [3.05, 3.63) is 40.5 Å². The first-order chi connectivity index (χ1) is 7.66. The number of hydrogen-bond donors (Lipinski definition) is 1. The van der Waals surface area contributed by atoms with Crippen molar-refractivity contribution in [1.29, 1.82) is 0 Å². The molecule has 0 fully saturated rings. The third-order valence-electron chi connectivity index (χ3n) is 2.23. The van der Waals surface area contributed by atoms with Crippen molar-refractivity contribution in [2.24, 2.45) is 0 Å². The fourth-order valence-corrected chi connectivity index (χ4v) is 1.42. The monoisotopic (exact) mass is 218 g/mol. The van der Waals surface area contributed by atoms with E-state index < -0.39 is 0 Å². The lowest BCUT2D eigenvalue weighted by molar-refractivity contribution is 0.455. The highest BCUT2D eigenvalue weighted by Gasteiger charge is 2.05. The van der Waals surface area contributed by atoms with Gasteiger partial charge in [-0.3, -0.25) is 4.79 Å². The van der Waals surface area contributed by atoms with Crippen molar-refractivity contribution >= 4 is 11.0 Å². The lowest BCUT2D eigenvalue weighted by Crippen LogP contribution is -2.23. The van der Waals surface area contributed by atoms with Crippen molar-refractivity contribution in [2.75, 3.05) is 0 Å². The van der Waals surface area contributed by atoms with Gasteiger partial charge in [0.25, 0.3) is 5.56 Å². The Labute approximate surface area is 93.3 Å². The van der Waals surface area contributed by atoms with Gasteiger partial charge in [-0.2, -0.15) is 4.98 Å². The molecular formula is C12H14N2O2. The van der Waals surface area contributed by atoms with Gasteiger partial charge in [0.15, 0.2) is 0 Å². The molecule has 4 nitrogen and oxygen atoms in total. The van der Waals surface area contributed by atoms with E-state index >= 15 is 0 Å². The number of nitrogens with one attached hydrogen (secondary N) is 1. The number of aromatic nitrogens is 1. The maximum atomic E-state index is 11.6. The fourth-order valence-electron chi connectivity index (χ4n) is 1.42. The standard InChI is InChI=1S/C12H14N2O2/c1-8(2)13-7-11-14-12(15)9-5-3-4-6-10(9)16-11/h3-6,8,13H,7H2,1-2H3. The molecule has 0 aliphatic carbocycles. The topological polar surface area (TPSA) is 55.1 Å². The van der Waals surface area contributed by atoms with Crippen LogP contribution in [0.1, 0.15) is 19.7 Å². The molecule has 0 amide bonds. The molecular weight excluding hydrogens is 204 g/mol. The van der Waals surface area contributed by atoms with E-state index in [4.69, 9.17) is 4.42 Å². The zero-order valence-corrected chi connectivity index (χ0v) is 9.36. The average Bonchev–Trinajstić information content (AvgIpc) is 2.26. The summed E-state index contributed by atoms with van der Waals surface area (Å²) in [6.45, 7) is 4.52. The van der Waals surface area contributed by atoms with Gasteiger partial charge >= 0.3 is 0 Å². The van der Waals surface area contributed by atoms with Crippen molar-refractivity contribution in [1.82, 2.24) is 10.3 Å². The Hall–Kier alpha value is -1.68. The van der Waals surface area contributed by atoms with Gasteiger partial charge in [-0.15, -0.1) is 0 Å². The van der Waals surface area contributed by atoms with Crippen LogP contribution in [0, 0.1) is 0 Å². The van der Waals surface area contributed by atoms with E-state index in [0.29, 0.717) is 29.4 Å². The summed E-state index contributed by atoms with van der Waals surface area (Å²) in [6.07, 6.45) is 0. The number of benzene rings is 1. The number of nitrogens with zero attached hydrogens (tertiary/aromatic N) is 1. The minimum Gasteiger partial charge on any atom is -0.441 e. The molecule has 0 aliphatic heterocycles. The summed E-state index contributed by atoms with van der Waals surface area (Å²) in [7, 11) is 0. The summed E-state index contributed by atoms with van der Waals surface area (Å²) in [5, 5.41) is 3.68. The summed E-state index contributed by atoms with van der Waals surface area (Å²) in [6, 6.07) is 7.46. The molecule has 0 saturated carbocycles. The van der Waals surface area contributed by atoms with Gasteiger partial charge in [-0.1, -0.05) is 26.0 Å². The Bertz CT molecular complexity index is 546. The highest BCUT2D eigenvalue weighted by molar-refractivity contribution is 5.74. The molecule has 1 aromatic carbocycles. The Balaban J connectivity index is 2.38. The minimum absolute atomic E-state index is 0.234. The lowest BCUT2D eigenvalue weighted by atomic mass is 10.2. The molecule has 0 aliphatic rings. The van der Waals surface area contributed by atoms with Crippen LogP contribution in [0.15, 0.2) is 33.5 Å². The predicted octanol–water partition coefficient (Wildman–Crippen LogP) is 1.69. The van der Waals surface area contributed by atoms with Crippen LogP contribution in [0.25, 0.3) is 11.0 Å². The molecule has 0 saturated heterocycles. The molecule has 0 spiro atoms. The first-order valence-electron chi connectivity index (χ1n) is 5.29. The van der Waals surface area contributed by atoms with Crippen LogP contribution >= 0.6 is 0 Å². The van der Waals surface area contributed by atoms with Crippen molar-refractivity contribution in [3.8, 4) is 0 Å². The second-order valence-corrected chi connectivity index (χ2v) is 3.94. The van der Waals surface area contributed by atoms with Crippen LogP contribution in [0.3, 0.4) is 0 Å². The maximum absolute atomic E-state index is 11.6. The smallest absolute Gasteiger partial charge is 0.283 e. The third-order valence-corrected chi connectivity index (χ3v) is 2.23. The molecule has 84 valence electrons. The number of fused-ring (bicyclic) bond motifs is 1. The van der Waals surface area contributed by atoms with Crippen molar-refractivity contribution < 1.29 is 4.42 Å². The highest BCUT2D eigenvalue weighted by Crippen LogP contribution is 2.09. The zero-order valence-electron chi connectivity index (χ0n) is 9.36. The third kappa shape index (κ3) is 2.28. The normalized spacial score (nSPS) is 11.2. The minimum atomic E-state index is -0.234. The molecule has 0 unspecified atom stereocenters. The molecule has 1 N–H and O–H groups in total. The van der Waals surface area contributed by atoms with E-state index in [1.165, 1.54) is 0 Å². The molecule has 0 radical (unpaired) electrons. The lowest BCUT2D eigenvalue weighted by Gasteiger charge is -2.06. The van der Waals surface area contributed by atoms with Crippen LogP contribution in [0.2, 0.25) is 0 Å². The molecule has 0 bridgehead atoms. The van der Waals surface area contributed by atoms with E-state index in [0.717, 1.165) is 0 Å². The molecule has 0 atom stereocenters. The molecule has 16 heavy (non-hydrogen) atoms. The Morgan fingerprint density at radius 3 is 2.88 bits per heavy atom. The Morgan fingerprint density at radius 2 is 2.12 bits per heavy atom. The van der Waals surface area contributed by atoms with Gasteiger partial charge in [-0.05, 0) is 12.1 Å². The van der Waals surface area contributed by atoms with Crippen LogP contribution in [0.5, 0.6) is 0 Å². The summed E-state index contributed by atoms with van der Waals surface area (Å²) in [5.74, 6) is 0.428. The van der Waals surface area contributed by atoms with Gasteiger partial charge in [0.05, 0.1) is 11.9 Å². The summed E-state index contributed by atoms with van der Waals surface area (Å²) in [5.41, 5.74) is 0.352. The largest absolute Gasteiger partial charge is 0.441 e. The Kier molecular flexibility index (Phi) is 3.01. The number of rotatable bonds is 3. The summed E-state index contributed by atoms with van der Waals surface area (Å²) >= 11 is 0. The van der Waals surface area contributed by atoms with Gasteiger partial charge < -0.3 is 9.73 Å². The fraction of sp³-hybridized carbons (Fsp3) is 0.333. The van der Waals surface area contributed by atoms with E-state index in [2.05, 4.69) is 10.3 Å². The molecule has 1 aromatic heterocycles. The Morgan fingerprint density at radius 1 is 1.38 bits per heavy atom. The maximum Gasteiger partial charge on any atom is 0.283 e. The van der Waals surface area contributed by atoms with E-state index in [1.54, 1.807) is 18.2 Å². The highest BCUT2D eigenvalue weighted by atomic mass is 16.3. The zero-order chi connectivity index (χ0) is 11.5. The first-order valence-corrected chi connectivity index (χ1v) is 5.29. The molecule has 2 rings (SSSR count). The van der Waals surface area contributed by atoms with Gasteiger partial charge in [0.1, 0.15) is 5.58 Å². The molecule has 4 heteroatoms. The summed E-state index contributed by atoms with van der Waals surface area (Å²) < 4.78 is 5.52. The first kappa shape index (κ1) is 10.8. The van der Waals surface area contributed by atoms with E-state index in [1.807, 2.05) is 19.9 Å². The second-order valence-electron chi connectivity index (χ2n) is 3.94. The number of hydrogen-bond acceptors (Lipinski definition) is 4. The van der Waals surface area contributed by atoms with Crippen LogP contribution < -0.4 is 10.9 Å². The predicted molar refractivity (Wildman–Crippen MR) is 62.3 cm³/mol. The summed E-state index contributed by atoms with van der Waals surface area (Å²) in [4.78, 5) is 15.5. The quantitative estimate of drug-likeness (QED) is 0.851. The van der Waals surface area contributed by atoms with Gasteiger partial charge in [-0.25, -0.2) is 0 Å². The van der Waals surface area contributed by atoms with Gasteiger partial charge in [0, 0.05) is 6.04 Å². The van der Waals surface area contributed by atoms with Gasteiger partial charge in [0.2, 0.25) is 5.89 Å². The van der Waals surface area contributed by atoms with Crippen molar-refractivity contribution in [2.45, 2.75) is 26.4 Å². The van der Waals surface area contributed by atoms with Crippen LogP contribution in [-0.2, 0) is 6.54 Å². The molecule has 2 aromatic rings. The number of para-hydroxylation sites is 1. The SMILES string of the molecule is CC(C)NCc1nc(=O)c2ccccc2o1.